The van der Waals surface area contributed by atoms with E-state index in [0.717, 1.165) is 55.5 Å². The fourth-order valence-corrected chi connectivity index (χ4v) is 3.61. The molecule has 0 saturated heterocycles. The van der Waals surface area contributed by atoms with Crippen LogP contribution < -0.4 is 5.32 Å². The SMILES string of the molecule is Cc1cc(NCc2cccc(Cl)c2)c2cc(-c3c(C)noc3C)ccc2n1. The minimum absolute atomic E-state index is 0.689. The van der Waals surface area contributed by atoms with E-state index < -0.39 is 0 Å². The number of aromatic nitrogens is 2. The Morgan fingerprint density at radius 1 is 1.04 bits per heavy atom. The van der Waals surface area contributed by atoms with Crippen LogP contribution in [0.15, 0.2) is 53.1 Å². The molecule has 2 aromatic carbocycles. The van der Waals surface area contributed by atoms with E-state index in [-0.39, 0.29) is 0 Å². The molecule has 2 aromatic heterocycles. The van der Waals surface area contributed by atoms with Crippen LogP contribution in [0.1, 0.15) is 22.7 Å². The van der Waals surface area contributed by atoms with Gasteiger partial charge in [0.1, 0.15) is 5.76 Å². The Hall–Kier alpha value is -2.85. The van der Waals surface area contributed by atoms with Crippen LogP contribution in [0.3, 0.4) is 0 Å². The first kappa shape index (κ1) is 17.6. The second-order valence-corrected chi connectivity index (χ2v) is 7.16. The lowest BCUT2D eigenvalue weighted by Crippen LogP contribution is -2.01. The van der Waals surface area contributed by atoms with E-state index in [9.17, 15) is 0 Å². The molecule has 4 rings (SSSR count). The number of halogens is 1. The molecule has 0 radical (unpaired) electrons. The maximum atomic E-state index is 6.10. The first-order chi connectivity index (χ1) is 13.0. The van der Waals surface area contributed by atoms with Gasteiger partial charge < -0.3 is 9.84 Å². The summed E-state index contributed by atoms with van der Waals surface area (Å²) < 4.78 is 5.33. The summed E-state index contributed by atoms with van der Waals surface area (Å²) in [6, 6.07) is 16.2. The number of nitrogens with one attached hydrogen (secondary N) is 1. The largest absolute Gasteiger partial charge is 0.380 e. The van der Waals surface area contributed by atoms with E-state index in [1.807, 2.05) is 45.0 Å². The highest BCUT2D eigenvalue weighted by atomic mass is 35.5. The molecule has 136 valence electrons. The molecule has 0 spiro atoms. The van der Waals surface area contributed by atoms with E-state index in [1.165, 1.54) is 0 Å². The van der Waals surface area contributed by atoms with Crippen LogP contribution in [0.25, 0.3) is 22.0 Å². The van der Waals surface area contributed by atoms with Gasteiger partial charge in [-0.25, -0.2) is 0 Å². The lowest BCUT2D eigenvalue weighted by atomic mass is 10.0. The number of rotatable bonds is 4. The molecule has 2 heterocycles. The molecule has 0 aliphatic carbocycles. The zero-order valence-corrected chi connectivity index (χ0v) is 16.3. The normalized spacial score (nSPS) is 11.1. The third kappa shape index (κ3) is 3.53. The van der Waals surface area contributed by atoms with Crippen molar-refractivity contribution in [3.8, 4) is 11.1 Å². The molecule has 4 aromatic rings. The van der Waals surface area contributed by atoms with E-state index >= 15 is 0 Å². The van der Waals surface area contributed by atoms with Gasteiger partial charge in [0.15, 0.2) is 0 Å². The highest BCUT2D eigenvalue weighted by molar-refractivity contribution is 6.30. The van der Waals surface area contributed by atoms with Gasteiger partial charge in [-0.15, -0.1) is 0 Å². The van der Waals surface area contributed by atoms with Gasteiger partial charge >= 0.3 is 0 Å². The molecular formula is C22H20ClN3O. The molecule has 0 amide bonds. The van der Waals surface area contributed by atoms with Crippen molar-refractivity contribution in [1.82, 2.24) is 10.1 Å². The van der Waals surface area contributed by atoms with Crippen molar-refractivity contribution >= 4 is 28.2 Å². The van der Waals surface area contributed by atoms with Crippen LogP contribution in [-0.4, -0.2) is 10.1 Å². The van der Waals surface area contributed by atoms with Crippen molar-refractivity contribution in [1.29, 1.82) is 0 Å². The van der Waals surface area contributed by atoms with Crippen LogP contribution in [0.4, 0.5) is 5.69 Å². The van der Waals surface area contributed by atoms with Crippen LogP contribution in [-0.2, 0) is 6.54 Å². The molecule has 0 aliphatic rings. The monoisotopic (exact) mass is 377 g/mol. The summed E-state index contributed by atoms with van der Waals surface area (Å²) in [5, 5.41) is 9.42. The molecule has 0 unspecified atom stereocenters. The average molecular weight is 378 g/mol. The van der Waals surface area contributed by atoms with Crippen molar-refractivity contribution in [2.45, 2.75) is 27.3 Å². The van der Waals surface area contributed by atoms with Crippen LogP contribution in [0.2, 0.25) is 5.02 Å². The first-order valence-electron chi connectivity index (χ1n) is 8.84. The van der Waals surface area contributed by atoms with E-state index in [4.69, 9.17) is 16.1 Å². The molecule has 5 heteroatoms. The quantitative estimate of drug-likeness (QED) is 0.468. The van der Waals surface area contributed by atoms with E-state index in [0.29, 0.717) is 6.54 Å². The Balaban J connectivity index is 1.76. The van der Waals surface area contributed by atoms with Crippen molar-refractivity contribution in [2.24, 2.45) is 0 Å². The van der Waals surface area contributed by atoms with Crippen LogP contribution >= 0.6 is 11.6 Å². The minimum atomic E-state index is 0.689. The number of nitrogens with zero attached hydrogens (tertiary/aromatic N) is 2. The Morgan fingerprint density at radius 3 is 2.63 bits per heavy atom. The van der Waals surface area contributed by atoms with Crippen molar-refractivity contribution in [3.05, 3.63) is 76.3 Å². The molecule has 27 heavy (non-hydrogen) atoms. The van der Waals surface area contributed by atoms with Gasteiger partial charge in [0, 0.05) is 33.9 Å². The number of benzene rings is 2. The topological polar surface area (TPSA) is 51.0 Å². The van der Waals surface area contributed by atoms with Crippen LogP contribution in [0.5, 0.6) is 0 Å². The third-order valence-electron chi connectivity index (χ3n) is 4.63. The second-order valence-electron chi connectivity index (χ2n) is 6.73. The summed E-state index contributed by atoms with van der Waals surface area (Å²) in [6.45, 7) is 6.59. The van der Waals surface area contributed by atoms with Crippen molar-refractivity contribution < 1.29 is 4.52 Å². The van der Waals surface area contributed by atoms with Crippen LogP contribution in [0, 0.1) is 20.8 Å². The molecular weight excluding hydrogens is 358 g/mol. The molecule has 1 N–H and O–H groups in total. The van der Waals surface area contributed by atoms with E-state index in [2.05, 4.69) is 39.7 Å². The minimum Gasteiger partial charge on any atom is -0.380 e. The second kappa shape index (κ2) is 7.05. The summed E-state index contributed by atoms with van der Waals surface area (Å²) in [5.74, 6) is 0.820. The fraction of sp³-hybridized carbons (Fsp3) is 0.182. The van der Waals surface area contributed by atoms with Gasteiger partial charge in [-0.2, -0.15) is 0 Å². The highest BCUT2D eigenvalue weighted by Gasteiger charge is 2.13. The predicted molar refractivity (Wildman–Crippen MR) is 110 cm³/mol. The molecule has 0 atom stereocenters. The molecule has 0 aliphatic heterocycles. The lowest BCUT2D eigenvalue weighted by Gasteiger charge is -2.12. The summed E-state index contributed by atoms with van der Waals surface area (Å²) in [4.78, 5) is 4.67. The summed E-state index contributed by atoms with van der Waals surface area (Å²) >= 11 is 6.10. The summed E-state index contributed by atoms with van der Waals surface area (Å²) in [6.07, 6.45) is 0. The maximum Gasteiger partial charge on any atom is 0.141 e. The molecule has 0 saturated carbocycles. The number of hydrogen-bond donors (Lipinski definition) is 1. The zero-order valence-electron chi connectivity index (χ0n) is 15.5. The molecule has 0 bridgehead atoms. The number of fused-ring (bicyclic) bond motifs is 1. The van der Waals surface area contributed by atoms with Gasteiger partial charge in [0.25, 0.3) is 0 Å². The first-order valence-corrected chi connectivity index (χ1v) is 9.22. The standard InChI is InChI=1S/C22H20ClN3O/c1-13-9-21(24-12-16-5-4-6-18(23)10-16)19-11-17(7-8-20(19)25-13)22-14(2)26-27-15(22)3/h4-11H,12H2,1-3H3,(H,24,25). The smallest absolute Gasteiger partial charge is 0.141 e. The lowest BCUT2D eigenvalue weighted by molar-refractivity contribution is 0.393. The van der Waals surface area contributed by atoms with Crippen molar-refractivity contribution in [2.75, 3.05) is 5.32 Å². The van der Waals surface area contributed by atoms with Gasteiger partial charge in [-0.05, 0) is 62.2 Å². The molecule has 4 nitrogen and oxygen atoms in total. The summed E-state index contributed by atoms with van der Waals surface area (Å²) in [7, 11) is 0. The molecule has 0 fully saturated rings. The van der Waals surface area contributed by atoms with Gasteiger partial charge in [-0.3, -0.25) is 4.98 Å². The van der Waals surface area contributed by atoms with Gasteiger partial charge in [-0.1, -0.05) is 35.0 Å². The Bertz CT molecular complexity index is 1110. The zero-order chi connectivity index (χ0) is 19.0. The fourth-order valence-electron chi connectivity index (χ4n) is 3.40. The number of anilines is 1. The number of aryl methyl sites for hydroxylation is 3. The Kier molecular flexibility index (Phi) is 4.58. The predicted octanol–water partition coefficient (Wildman–Crippen LogP) is 6.08. The summed E-state index contributed by atoms with van der Waals surface area (Å²) in [5.41, 5.74) is 7.12. The Morgan fingerprint density at radius 2 is 1.89 bits per heavy atom. The Labute approximate surface area is 163 Å². The van der Waals surface area contributed by atoms with Gasteiger partial charge in [0.05, 0.1) is 11.2 Å². The number of pyridine rings is 1. The number of hydrogen-bond acceptors (Lipinski definition) is 4. The van der Waals surface area contributed by atoms with E-state index in [1.54, 1.807) is 0 Å². The average Bonchev–Trinajstić information content (AvgIpc) is 2.98. The maximum absolute atomic E-state index is 6.10. The van der Waals surface area contributed by atoms with Crippen molar-refractivity contribution in [3.63, 3.8) is 0 Å². The highest BCUT2D eigenvalue weighted by Crippen LogP contribution is 2.32. The van der Waals surface area contributed by atoms with Gasteiger partial charge in [0.2, 0.25) is 0 Å². The third-order valence-corrected chi connectivity index (χ3v) is 4.87.